The van der Waals surface area contributed by atoms with Gasteiger partial charge in [0.05, 0.1) is 0 Å². The van der Waals surface area contributed by atoms with Gasteiger partial charge in [0, 0.05) is 31.3 Å². The lowest BCUT2D eigenvalue weighted by Crippen LogP contribution is -2.47. The second-order valence-electron chi connectivity index (χ2n) is 4.81. The van der Waals surface area contributed by atoms with Gasteiger partial charge in [-0.05, 0) is 6.07 Å². The second kappa shape index (κ2) is 4.71. The van der Waals surface area contributed by atoms with Crippen LogP contribution in [-0.2, 0) is 10.2 Å². The molecule has 17 heavy (non-hydrogen) atoms. The monoisotopic (exact) mass is 237 g/mol. The largest absolute Gasteiger partial charge is 0.480 e. The molecule has 0 saturated heterocycles. The third kappa shape index (κ3) is 2.55. The number of hydrogen-bond donors (Lipinski definition) is 2. The van der Waals surface area contributed by atoms with Crippen LogP contribution in [0.1, 0.15) is 19.4 Å². The Kier molecular flexibility index (Phi) is 3.72. The summed E-state index contributed by atoms with van der Waals surface area (Å²) in [7, 11) is 3.74. The molecule has 1 aromatic heterocycles. The van der Waals surface area contributed by atoms with E-state index < -0.39 is 17.4 Å². The zero-order valence-corrected chi connectivity index (χ0v) is 10.6. The van der Waals surface area contributed by atoms with Gasteiger partial charge in [0.1, 0.15) is 11.9 Å². The molecule has 0 bridgehead atoms. The molecule has 5 heteroatoms. The van der Waals surface area contributed by atoms with E-state index in [1.165, 1.54) is 0 Å². The van der Waals surface area contributed by atoms with Gasteiger partial charge in [0.25, 0.3) is 0 Å². The van der Waals surface area contributed by atoms with Crippen LogP contribution in [0.4, 0.5) is 5.82 Å². The molecular weight excluding hydrogens is 218 g/mol. The van der Waals surface area contributed by atoms with E-state index in [0.29, 0.717) is 0 Å². The zero-order valence-electron chi connectivity index (χ0n) is 10.6. The van der Waals surface area contributed by atoms with Gasteiger partial charge in [-0.3, -0.25) is 4.79 Å². The minimum atomic E-state index is -1.01. The number of carbonyl (C=O) groups is 1. The fourth-order valence-corrected chi connectivity index (χ4v) is 1.73. The van der Waals surface area contributed by atoms with Gasteiger partial charge in [-0.25, -0.2) is 4.98 Å². The number of aromatic nitrogens is 1. The van der Waals surface area contributed by atoms with Crippen LogP contribution in [0.25, 0.3) is 0 Å². The molecule has 0 aliphatic heterocycles. The van der Waals surface area contributed by atoms with E-state index in [1.54, 1.807) is 12.3 Å². The zero-order chi connectivity index (χ0) is 13.2. The van der Waals surface area contributed by atoms with Gasteiger partial charge in [0.15, 0.2) is 0 Å². The van der Waals surface area contributed by atoms with Gasteiger partial charge in [-0.2, -0.15) is 0 Å². The van der Waals surface area contributed by atoms with Gasteiger partial charge in [-0.1, -0.05) is 19.9 Å². The summed E-state index contributed by atoms with van der Waals surface area (Å²) in [5.74, 6) is -0.266. The third-order valence-electron chi connectivity index (χ3n) is 2.95. The van der Waals surface area contributed by atoms with E-state index in [1.807, 2.05) is 38.9 Å². The molecule has 94 valence electrons. The number of carboxylic acids is 1. The Balaban J connectivity index is 3.27. The van der Waals surface area contributed by atoms with Gasteiger partial charge in [-0.15, -0.1) is 0 Å². The molecule has 0 spiro atoms. The molecule has 0 radical (unpaired) electrons. The van der Waals surface area contributed by atoms with Crippen molar-refractivity contribution in [1.82, 2.24) is 4.98 Å². The molecule has 1 atom stereocenters. The van der Waals surface area contributed by atoms with Crippen LogP contribution in [0.5, 0.6) is 0 Å². The summed E-state index contributed by atoms with van der Waals surface area (Å²) in [5.41, 5.74) is 5.90. The predicted octanol–water partition coefficient (Wildman–Crippen LogP) is 0.837. The van der Waals surface area contributed by atoms with E-state index in [2.05, 4.69) is 4.98 Å². The lowest BCUT2D eigenvalue weighted by atomic mass is 9.78. The first kappa shape index (κ1) is 13.4. The van der Waals surface area contributed by atoms with Crippen LogP contribution in [0.3, 0.4) is 0 Å². The molecule has 5 nitrogen and oxygen atoms in total. The number of hydrogen-bond acceptors (Lipinski definition) is 4. The highest BCUT2D eigenvalue weighted by atomic mass is 16.4. The molecule has 0 aliphatic carbocycles. The molecule has 0 amide bonds. The number of aliphatic carboxylic acids is 1. The maximum absolute atomic E-state index is 11.0. The van der Waals surface area contributed by atoms with Crippen LogP contribution in [0, 0.1) is 0 Å². The highest BCUT2D eigenvalue weighted by molar-refractivity contribution is 5.76. The van der Waals surface area contributed by atoms with E-state index in [4.69, 9.17) is 10.8 Å². The molecule has 1 unspecified atom stereocenters. The fraction of sp³-hybridized carbons (Fsp3) is 0.500. The summed E-state index contributed by atoms with van der Waals surface area (Å²) in [6.07, 6.45) is 1.68. The van der Waals surface area contributed by atoms with Crippen LogP contribution in [-0.4, -0.2) is 36.2 Å². The van der Waals surface area contributed by atoms with Crippen molar-refractivity contribution in [1.29, 1.82) is 0 Å². The van der Waals surface area contributed by atoms with Crippen molar-refractivity contribution >= 4 is 11.8 Å². The van der Waals surface area contributed by atoms with Crippen LogP contribution in [0.15, 0.2) is 18.3 Å². The molecular formula is C12H19N3O2. The highest BCUT2D eigenvalue weighted by Gasteiger charge is 2.36. The predicted molar refractivity (Wildman–Crippen MR) is 67.2 cm³/mol. The van der Waals surface area contributed by atoms with Gasteiger partial charge in [0.2, 0.25) is 0 Å². The van der Waals surface area contributed by atoms with Crippen LogP contribution < -0.4 is 10.6 Å². The molecule has 1 heterocycles. The van der Waals surface area contributed by atoms with Gasteiger partial charge < -0.3 is 15.7 Å². The Bertz CT molecular complexity index is 416. The first-order valence-electron chi connectivity index (χ1n) is 5.39. The minimum absolute atomic E-state index is 0.681. The van der Waals surface area contributed by atoms with Crippen molar-refractivity contribution in [2.45, 2.75) is 25.3 Å². The SMILES string of the molecule is CN(C)c1ncccc1C(C)(C)C(N)C(=O)O. The van der Waals surface area contributed by atoms with Crippen molar-refractivity contribution in [2.24, 2.45) is 5.73 Å². The minimum Gasteiger partial charge on any atom is -0.480 e. The number of nitrogens with zero attached hydrogens (tertiary/aromatic N) is 2. The summed E-state index contributed by atoms with van der Waals surface area (Å²) in [5, 5.41) is 9.05. The lowest BCUT2D eigenvalue weighted by molar-refractivity contribution is -0.140. The number of rotatable bonds is 4. The summed E-state index contributed by atoms with van der Waals surface area (Å²) in [6.45, 7) is 3.63. The molecule has 1 rings (SSSR count). The Morgan fingerprint density at radius 1 is 1.53 bits per heavy atom. The Labute approximate surface area is 101 Å². The molecule has 0 fully saturated rings. The maximum atomic E-state index is 11.0. The van der Waals surface area contributed by atoms with Crippen LogP contribution >= 0.6 is 0 Å². The molecule has 0 aromatic carbocycles. The molecule has 0 saturated carbocycles. The lowest BCUT2D eigenvalue weighted by Gasteiger charge is -2.32. The van der Waals surface area contributed by atoms with Crippen molar-refractivity contribution < 1.29 is 9.90 Å². The van der Waals surface area contributed by atoms with Crippen molar-refractivity contribution in [3.63, 3.8) is 0 Å². The summed E-state index contributed by atoms with van der Waals surface area (Å²) in [4.78, 5) is 17.2. The average Bonchev–Trinajstić information content (AvgIpc) is 2.27. The Morgan fingerprint density at radius 3 is 2.59 bits per heavy atom. The smallest absolute Gasteiger partial charge is 0.321 e. The summed E-state index contributed by atoms with van der Waals surface area (Å²) in [6, 6.07) is 2.69. The molecule has 3 N–H and O–H groups in total. The van der Waals surface area contributed by atoms with E-state index in [9.17, 15) is 4.79 Å². The fourth-order valence-electron chi connectivity index (χ4n) is 1.73. The van der Waals surface area contributed by atoms with E-state index in [0.717, 1.165) is 11.4 Å². The normalized spacial score (nSPS) is 13.2. The van der Waals surface area contributed by atoms with Gasteiger partial charge >= 0.3 is 5.97 Å². The maximum Gasteiger partial charge on any atom is 0.321 e. The standard InChI is InChI=1S/C12H19N3O2/c1-12(2,9(13)11(16)17)8-6-5-7-14-10(8)15(3)4/h5-7,9H,13H2,1-4H3,(H,16,17). The number of pyridine rings is 1. The van der Waals surface area contributed by atoms with E-state index >= 15 is 0 Å². The molecule has 0 aliphatic rings. The van der Waals surface area contributed by atoms with Crippen LogP contribution in [0.2, 0.25) is 0 Å². The number of carboxylic acid groups (broad SMARTS) is 1. The van der Waals surface area contributed by atoms with E-state index in [-0.39, 0.29) is 0 Å². The van der Waals surface area contributed by atoms with Crippen molar-refractivity contribution in [2.75, 3.05) is 19.0 Å². The number of anilines is 1. The highest BCUT2D eigenvalue weighted by Crippen LogP contribution is 2.32. The first-order valence-corrected chi connectivity index (χ1v) is 5.39. The summed E-state index contributed by atoms with van der Waals surface area (Å²) < 4.78 is 0. The molecule has 1 aromatic rings. The topological polar surface area (TPSA) is 79.5 Å². The third-order valence-corrected chi connectivity index (χ3v) is 2.95. The average molecular weight is 237 g/mol. The summed E-state index contributed by atoms with van der Waals surface area (Å²) >= 11 is 0. The number of nitrogens with two attached hydrogens (primary N) is 1. The Hall–Kier alpha value is -1.62. The second-order valence-corrected chi connectivity index (χ2v) is 4.81. The van der Waals surface area contributed by atoms with Crippen molar-refractivity contribution in [3.8, 4) is 0 Å². The first-order chi connectivity index (χ1) is 7.78. The van der Waals surface area contributed by atoms with Crippen molar-refractivity contribution in [3.05, 3.63) is 23.9 Å². The quantitative estimate of drug-likeness (QED) is 0.811. The Morgan fingerprint density at radius 2 is 2.12 bits per heavy atom.